The molecule has 3 unspecified atom stereocenters. The second-order valence-corrected chi connectivity index (χ2v) is 5.45. The van der Waals surface area contributed by atoms with Crippen molar-refractivity contribution >= 4 is 5.91 Å². The van der Waals surface area contributed by atoms with Crippen molar-refractivity contribution in [3.05, 3.63) is 0 Å². The predicted molar refractivity (Wildman–Crippen MR) is 68.7 cm³/mol. The molecule has 1 amide bonds. The highest BCUT2D eigenvalue weighted by Gasteiger charge is 2.26. The standard InChI is InChI=1S/C13H26N2O2/c1-9(2)12(5-7-16)15-13(17)11-4-6-14-10(3)8-11/h9-12,14,16H,4-8H2,1-3H3,(H,15,17). The van der Waals surface area contributed by atoms with E-state index in [-0.39, 0.29) is 24.5 Å². The average Bonchev–Trinajstić information content (AvgIpc) is 2.28. The molecule has 1 heterocycles. The van der Waals surface area contributed by atoms with E-state index in [0.29, 0.717) is 18.4 Å². The number of amides is 1. The van der Waals surface area contributed by atoms with E-state index in [1.807, 2.05) is 0 Å². The van der Waals surface area contributed by atoms with Crippen molar-refractivity contribution in [3.8, 4) is 0 Å². The summed E-state index contributed by atoms with van der Waals surface area (Å²) in [4.78, 5) is 12.1. The van der Waals surface area contributed by atoms with Crippen LogP contribution in [-0.2, 0) is 4.79 Å². The first-order valence-electron chi connectivity index (χ1n) is 6.69. The molecule has 1 rings (SSSR count). The average molecular weight is 242 g/mol. The minimum Gasteiger partial charge on any atom is -0.396 e. The van der Waals surface area contributed by atoms with Crippen LogP contribution in [0, 0.1) is 11.8 Å². The third kappa shape index (κ3) is 4.64. The molecule has 0 spiro atoms. The van der Waals surface area contributed by atoms with Crippen molar-refractivity contribution in [2.45, 2.75) is 52.1 Å². The highest BCUT2D eigenvalue weighted by Crippen LogP contribution is 2.17. The van der Waals surface area contributed by atoms with Crippen molar-refractivity contribution in [1.82, 2.24) is 10.6 Å². The van der Waals surface area contributed by atoms with Crippen LogP contribution in [0.15, 0.2) is 0 Å². The van der Waals surface area contributed by atoms with E-state index < -0.39 is 0 Å². The van der Waals surface area contributed by atoms with Gasteiger partial charge < -0.3 is 15.7 Å². The van der Waals surface area contributed by atoms with E-state index in [1.165, 1.54) is 0 Å². The Bertz CT molecular complexity index is 244. The summed E-state index contributed by atoms with van der Waals surface area (Å²) < 4.78 is 0. The van der Waals surface area contributed by atoms with Crippen LogP contribution in [-0.4, -0.2) is 36.2 Å². The lowest BCUT2D eigenvalue weighted by atomic mass is 9.91. The van der Waals surface area contributed by atoms with Gasteiger partial charge >= 0.3 is 0 Å². The molecule has 0 aromatic rings. The van der Waals surface area contributed by atoms with Crippen LogP contribution >= 0.6 is 0 Å². The van der Waals surface area contributed by atoms with Crippen LogP contribution in [0.4, 0.5) is 0 Å². The molecule has 1 aliphatic heterocycles. The number of carbonyl (C=O) groups is 1. The minimum absolute atomic E-state index is 0.0951. The van der Waals surface area contributed by atoms with Gasteiger partial charge in [0.1, 0.15) is 0 Å². The van der Waals surface area contributed by atoms with E-state index in [2.05, 4.69) is 31.4 Å². The first-order chi connectivity index (χ1) is 8.04. The van der Waals surface area contributed by atoms with Gasteiger partial charge in [-0.1, -0.05) is 13.8 Å². The SMILES string of the molecule is CC1CC(C(=O)NC(CCO)C(C)C)CCN1. The number of hydrogen-bond donors (Lipinski definition) is 3. The van der Waals surface area contributed by atoms with Crippen LogP contribution in [0.5, 0.6) is 0 Å². The third-order valence-electron chi connectivity index (χ3n) is 3.57. The zero-order valence-electron chi connectivity index (χ0n) is 11.2. The Morgan fingerprint density at radius 2 is 2.24 bits per heavy atom. The van der Waals surface area contributed by atoms with Crippen molar-refractivity contribution in [3.63, 3.8) is 0 Å². The fourth-order valence-corrected chi connectivity index (χ4v) is 2.38. The van der Waals surface area contributed by atoms with Crippen LogP contribution in [0.2, 0.25) is 0 Å². The quantitative estimate of drug-likeness (QED) is 0.671. The zero-order chi connectivity index (χ0) is 12.8. The molecule has 4 nitrogen and oxygen atoms in total. The molecular formula is C13H26N2O2. The molecule has 1 saturated heterocycles. The molecule has 100 valence electrons. The van der Waals surface area contributed by atoms with Crippen molar-refractivity contribution in [1.29, 1.82) is 0 Å². The van der Waals surface area contributed by atoms with E-state index in [4.69, 9.17) is 5.11 Å². The van der Waals surface area contributed by atoms with Crippen LogP contribution in [0.1, 0.15) is 40.0 Å². The topological polar surface area (TPSA) is 61.4 Å². The Labute approximate surface area is 104 Å². The number of rotatable bonds is 5. The maximum absolute atomic E-state index is 12.1. The zero-order valence-corrected chi connectivity index (χ0v) is 11.2. The lowest BCUT2D eigenvalue weighted by molar-refractivity contribution is -0.127. The van der Waals surface area contributed by atoms with E-state index in [0.717, 1.165) is 19.4 Å². The third-order valence-corrected chi connectivity index (χ3v) is 3.57. The van der Waals surface area contributed by atoms with E-state index in [1.54, 1.807) is 0 Å². The van der Waals surface area contributed by atoms with Crippen molar-refractivity contribution < 1.29 is 9.90 Å². The maximum atomic E-state index is 12.1. The Morgan fingerprint density at radius 3 is 2.76 bits per heavy atom. The minimum atomic E-state index is 0.0951. The van der Waals surface area contributed by atoms with Gasteiger partial charge in [-0.3, -0.25) is 4.79 Å². The molecule has 0 saturated carbocycles. The Hall–Kier alpha value is -0.610. The molecule has 0 aromatic heterocycles. The van der Waals surface area contributed by atoms with Gasteiger partial charge in [-0.15, -0.1) is 0 Å². The van der Waals surface area contributed by atoms with Crippen LogP contribution < -0.4 is 10.6 Å². The summed E-state index contributed by atoms with van der Waals surface area (Å²) in [7, 11) is 0. The van der Waals surface area contributed by atoms with Gasteiger partial charge in [-0.25, -0.2) is 0 Å². The fourth-order valence-electron chi connectivity index (χ4n) is 2.38. The van der Waals surface area contributed by atoms with Gasteiger partial charge in [0, 0.05) is 24.6 Å². The molecule has 0 radical (unpaired) electrons. The Kier molecular flexibility index (Phi) is 5.92. The van der Waals surface area contributed by atoms with Gasteiger partial charge in [0.25, 0.3) is 0 Å². The van der Waals surface area contributed by atoms with E-state index >= 15 is 0 Å². The van der Waals surface area contributed by atoms with E-state index in [9.17, 15) is 4.79 Å². The highest BCUT2D eigenvalue weighted by molar-refractivity contribution is 5.79. The number of aliphatic hydroxyl groups is 1. The second kappa shape index (κ2) is 6.97. The summed E-state index contributed by atoms with van der Waals surface area (Å²) in [5.74, 6) is 0.655. The number of hydrogen-bond acceptors (Lipinski definition) is 3. The molecule has 0 bridgehead atoms. The van der Waals surface area contributed by atoms with Gasteiger partial charge in [-0.2, -0.15) is 0 Å². The Morgan fingerprint density at radius 1 is 1.53 bits per heavy atom. The molecular weight excluding hydrogens is 216 g/mol. The number of piperidine rings is 1. The molecule has 1 fully saturated rings. The molecule has 0 aromatic carbocycles. The summed E-state index contributed by atoms with van der Waals surface area (Å²) >= 11 is 0. The Balaban J connectivity index is 2.45. The molecule has 4 heteroatoms. The molecule has 3 atom stereocenters. The normalized spacial score (nSPS) is 26.9. The van der Waals surface area contributed by atoms with Gasteiger partial charge in [0.05, 0.1) is 0 Å². The van der Waals surface area contributed by atoms with Crippen molar-refractivity contribution in [2.24, 2.45) is 11.8 Å². The van der Waals surface area contributed by atoms with Gasteiger partial charge in [0.15, 0.2) is 0 Å². The van der Waals surface area contributed by atoms with Gasteiger partial charge in [-0.05, 0) is 38.6 Å². The smallest absolute Gasteiger partial charge is 0.223 e. The monoisotopic (exact) mass is 242 g/mol. The van der Waals surface area contributed by atoms with Crippen molar-refractivity contribution in [2.75, 3.05) is 13.2 Å². The summed E-state index contributed by atoms with van der Waals surface area (Å²) in [6.07, 6.45) is 2.47. The predicted octanol–water partition coefficient (Wildman–Crippen LogP) is 0.898. The summed E-state index contributed by atoms with van der Waals surface area (Å²) in [6.45, 7) is 7.32. The second-order valence-electron chi connectivity index (χ2n) is 5.45. The summed E-state index contributed by atoms with van der Waals surface area (Å²) in [5.41, 5.74) is 0. The number of aliphatic hydroxyl groups excluding tert-OH is 1. The molecule has 3 N–H and O–H groups in total. The largest absolute Gasteiger partial charge is 0.396 e. The molecule has 1 aliphatic rings. The maximum Gasteiger partial charge on any atom is 0.223 e. The first-order valence-corrected chi connectivity index (χ1v) is 6.69. The summed E-state index contributed by atoms with van der Waals surface area (Å²) in [5, 5.41) is 15.4. The lowest BCUT2D eigenvalue weighted by Crippen LogP contribution is -2.46. The van der Waals surface area contributed by atoms with Crippen LogP contribution in [0.25, 0.3) is 0 Å². The number of carbonyl (C=O) groups excluding carboxylic acids is 1. The number of nitrogens with one attached hydrogen (secondary N) is 2. The molecule has 0 aliphatic carbocycles. The fraction of sp³-hybridized carbons (Fsp3) is 0.923. The highest BCUT2D eigenvalue weighted by atomic mass is 16.3. The summed E-state index contributed by atoms with van der Waals surface area (Å²) in [6, 6.07) is 0.521. The van der Waals surface area contributed by atoms with Crippen LogP contribution in [0.3, 0.4) is 0 Å². The lowest BCUT2D eigenvalue weighted by Gasteiger charge is -2.30. The first kappa shape index (κ1) is 14.5. The molecule has 17 heavy (non-hydrogen) atoms. The van der Waals surface area contributed by atoms with Gasteiger partial charge in [0.2, 0.25) is 5.91 Å².